The molecule has 7 heteroatoms. The fraction of sp³-hybridized carbons (Fsp3) is 0.421. The van der Waals surface area contributed by atoms with Crippen molar-refractivity contribution in [3.8, 4) is 11.1 Å². The van der Waals surface area contributed by atoms with Gasteiger partial charge in [-0.25, -0.2) is 4.98 Å². The molecule has 0 radical (unpaired) electrons. The number of anilines is 1. The first-order valence-corrected chi connectivity index (χ1v) is 10.0. The molecule has 2 aliphatic rings. The average molecular weight is 387 g/mol. The predicted octanol–water partition coefficient (Wildman–Crippen LogP) is 3.78. The van der Waals surface area contributed by atoms with Crippen LogP contribution in [0.2, 0.25) is 0 Å². The summed E-state index contributed by atoms with van der Waals surface area (Å²) in [6, 6.07) is 9.45. The number of hydrogen-bond acceptors (Lipinski definition) is 4. The van der Waals surface area contributed by atoms with Crippen molar-refractivity contribution in [3.05, 3.63) is 46.6 Å². The monoisotopic (exact) mass is 387 g/mol. The van der Waals surface area contributed by atoms with Gasteiger partial charge in [0.25, 0.3) is 0 Å². The van der Waals surface area contributed by atoms with Gasteiger partial charge in [0.1, 0.15) is 0 Å². The van der Waals surface area contributed by atoms with Crippen molar-refractivity contribution in [1.29, 1.82) is 0 Å². The summed E-state index contributed by atoms with van der Waals surface area (Å²) in [4.78, 5) is 18.3. The van der Waals surface area contributed by atoms with Crippen molar-refractivity contribution >= 4 is 35.3 Å². The Labute approximate surface area is 158 Å². The van der Waals surface area contributed by atoms with E-state index < -0.39 is 0 Å². The van der Waals surface area contributed by atoms with Gasteiger partial charge in [0, 0.05) is 24.4 Å². The van der Waals surface area contributed by atoms with Crippen molar-refractivity contribution in [2.24, 2.45) is 5.41 Å². The van der Waals surface area contributed by atoms with Crippen LogP contribution < -0.4 is 10.2 Å². The predicted molar refractivity (Wildman–Crippen MR) is 112 cm³/mol. The van der Waals surface area contributed by atoms with Crippen LogP contribution in [0.5, 0.6) is 0 Å². The van der Waals surface area contributed by atoms with Crippen LogP contribution in [0.25, 0.3) is 11.1 Å². The second-order valence-corrected chi connectivity index (χ2v) is 9.64. The van der Waals surface area contributed by atoms with E-state index in [4.69, 9.17) is 0 Å². The molecule has 0 N–H and O–H groups in total. The largest absolute Gasteiger partial charge is 0.350 e. The highest BCUT2D eigenvalue weighted by Crippen LogP contribution is 2.62. The number of piperidine rings is 1. The first-order chi connectivity index (χ1) is 12.3. The van der Waals surface area contributed by atoms with Crippen LogP contribution in [0.15, 0.2) is 36.5 Å². The Hall–Kier alpha value is -1.57. The molecule has 136 valence electrons. The zero-order valence-corrected chi connectivity index (χ0v) is 17.1. The van der Waals surface area contributed by atoms with Crippen LogP contribution in [-0.2, 0) is 0 Å². The minimum atomic E-state index is -0.281. The highest BCUT2D eigenvalue weighted by Gasteiger charge is 2.57. The van der Waals surface area contributed by atoms with Gasteiger partial charge >= 0.3 is 5.69 Å². The van der Waals surface area contributed by atoms with Crippen molar-refractivity contribution < 1.29 is 4.92 Å². The van der Waals surface area contributed by atoms with E-state index >= 15 is 0 Å². The maximum atomic E-state index is 12.0. The SMILES string of the molecule is CC1(P)CN(c2nccc(-c3ccccc3P)c2[N+](=O)[O-])CCC12CC2. The van der Waals surface area contributed by atoms with Crippen LogP contribution >= 0.6 is 18.5 Å². The van der Waals surface area contributed by atoms with E-state index in [0.29, 0.717) is 16.8 Å². The maximum absolute atomic E-state index is 12.0. The lowest BCUT2D eigenvalue weighted by atomic mass is 9.82. The molecule has 1 aliphatic heterocycles. The van der Waals surface area contributed by atoms with E-state index in [1.54, 1.807) is 12.3 Å². The van der Waals surface area contributed by atoms with Gasteiger partial charge in [0.2, 0.25) is 5.82 Å². The molecule has 1 spiro atoms. The number of nitro groups is 1. The molecule has 2 aromatic rings. The van der Waals surface area contributed by atoms with Crippen LogP contribution in [0, 0.1) is 15.5 Å². The highest BCUT2D eigenvalue weighted by atomic mass is 31.0. The van der Waals surface area contributed by atoms with Gasteiger partial charge in [-0.3, -0.25) is 10.1 Å². The summed E-state index contributed by atoms with van der Waals surface area (Å²) in [5.74, 6) is 0.491. The van der Waals surface area contributed by atoms with E-state index in [-0.39, 0.29) is 15.8 Å². The second-order valence-electron chi connectivity index (χ2n) is 7.74. The molecule has 0 bridgehead atoms. The van der Waals surface area contributed by atoms with Crippen LogP contribution in [0.1, 0.15) is 26.2 Å². The maximum Gasteiger partial charge on any atom is 0.319 e. The third-order valence-corrected chi connectivity index (χ3v) is 7.38. The van der Waals surface area contributed by atoms with Crippen LogP contribution in [0.4, 0.5) is 11.5 Å². The molecule has 4 rings (SSSR count). The molecule has 1 aromatic carbocycles. The summed E-state index contributed by atoms with van der Waals surface area (Å²) < 4.78 is 0. The second kappa shape index (κ2) is 6.25. The number of aromatic nitrogens is 1. The number of pyridine rings is 1. The van der Waals surface area contributed by atoms with E-state index in [1.165, 1.54) is 12.8 Å². The normalized spacial score (nSPS) is 23.9. The van der Waals surface area contributed by atoms with E-state index in [0.717, 1.165) is 30.4 Å². The van der Waals surface area contributed by atoms with Crippen molar-refractivity contribution in [2.45, 2.75) is 31.3 Å². The lowest BCUT2D eigenvalue weighted by Crippen LogP contribution is -2.50. The summed E-state index contributed by atoms with van der Waals surface area (Å²) in [5.41, 5.74) is 1.99. The Morgan fingerprint density at radius 1 is 1.19 bits per heavy atom. The van der Waals surface area contributed by atoms with Gasteiger partial charge < -0.3 is 4.90 Å². The molecule has 0 amide bonds. The zero-order chi connectivity index (χ0) is 18.5. The Bertz CT molecular complexity index is 881. The fourth-order valence-electron chi connectivity index (χ4n) is 4.24. The zero-order valence-electron chi connectivity index (χ0n) is 14.8. The molecule has 3 unspecified atom stereocenters. The Kier molecular flexibility index (Phi) is 4.28. The van der Waals surface area contributed by atoms with Crippen LogP contribution in [0.3, 0.4) is 0 Å². The third-order valence-electron chi connectivity index (χ3n) is 6.08. The van der Waals surface area contributed by atoms with Gasteiger partial charge in [-0.15, -0.1) is 18.5 Å². The molecule has 5 nitrogen and oxygen atoms in total. The first kappa shape index (κ1) is 17.8. The molecule has 1 aliphatic carbocycles. The first-order valence-electron chi connectivity index (χ1n) is 8.87. The third kappa shape index (κ3) is 2.82. The van der Waals surface area contributed by atoms with Crippen LogP contribution in [-0.4, -0.2) is 28.2 Å². The molecule has 1 saturated heterocycles. The Balaban J connectivity index is 1.79. The Morgan fingerprint density at radius 3 is 2.54 bits per heavy atom. The molecule has 2 fully saturated rings. The smallest absolute Gasteiger partial charge is 0.319 e. The number of hydrogen-bond donors (Lipinski definition) is 0. The molecule has 1 saturated carbocycles. The molecule has 1 aromatic heterocycles. The molecule has 3 atom stereocenters. The summed E-state index contributed by atoms with van der Waals surface area (Å²) in [6.07, 6.45) is 5.28. The van der Waals surface area contributed by atoms with Gasteiger partial charge in [-0.1, -0.05) is 31.2 Å². The van der Waals surface area contributed by atoms with E-state index in [2.05, 4.69) is 35.3 Å². The van der Waals surface area contributed by atoms with E-state index in [1.807, 2.05) is 24.3 Å². The van der Waals surface area contributed by atoms with E-state index in [9.17, 15) is 10.1 Å². The lowest BCUT2D eigenvalue weighted by molar-refractivity contribution is -0.383. The minimum absolute atomic E-state index is 0.0648. The fourth-order valence-corrected chi connectivity index (χ4v) is 5.26. The molecule has 26 heavy (non-hydrogen) atoms. The minimum Gasteiger partial charge on any atom is -0.350 e. The Morgan fingerprint density at radius 2 is 1.92 bits per heavy atom. The molecular formula is C19H23N3O2P2. The van der Waals surface area contributed by atoms with Gasteiger partial charge in [0.15, 0.2) is 0 Å². The number of nitrogens with zero attached hydrogens (tertiary/aromatic N) is 3. The molecular weight excluding hydrogens is 364 g/mol. The number of rotatable bonds is 3. The summed E-state index contributed by atoms with van der Waals surface area (Å²) in [6.45, 7) is 3.85. The highest BCUT2D eigenvalue weighted by molar-refractivity contribution is 7.28. The van der Waals surface area contributed by atoms with Crippen molar-refractivity contribution in [1.82, 2.24) is 4.98 Å². The topological polar surface area (TPSA) is 59.3 Å². The van der Waals surface area contributed by atoms with Gasteiger partial charge in [-0.2, -0.15) is 0 Å². The van der Waals surface area contributed by atoms with Gasteiger partial charge in [-0.05, 0) is 41.6 Å². The molecule has 2 heterocycles. The van der Waals surface area contributed by atoms with Gasteiger partial charge in [0.05, 0.1) is 10.5 Å². The summed E-state index contributed by atoms with van der Waals surface area (Å²) in [5, 5.41) is 13.0. The summed E-state index contributed by atoms with van der Waals surface area (Å²) >= 11 is 0. The lowest BCUT2D eigenvalue weighted by Gasteiger charge is -2.45. The average Bonchev–Trinajstić information content (AvgIpc) is 3.39. The summed E-state index contributed by atoms with van der Waals surface area (Å²) in [7, 11) is 5.68. The number of benzene rings is 1. The standard InChI is InChI=1S/C19H23N3O2P2/c1-18(26)12-21(11-9-19(18)7-8-19)17-16(22(23)24)14(6-10-20-17)13-4-2-3-5-15(13)25/h2-6,10H,7-9,11-12,25-26H2,1H3. The quantitative estimate of drug-likeness (QED) is 0.457. The van der Waals surface area contributed by atoms with Crippen molar-refractivity contribution in [3.63, 3.8) is 0 Å². The van der Waals surface area contributed by atoms with Crippen molar-refractivity contribution in [2.75, 3.05) is 18.0 Å².